The number of carbonyl (C=O) groups excluding carboxylic acids is 1. The summed E-state index contributed by atoms with van der Waals surface area (Å²) in [5, 5.41) is 13.9. The Bertz CT molecular complexity index is 1680. The molecule has 0 bridgehead atoms. The van der Waals surface area contributed by atoms with Crippen LogP contribution in [-0.2, 0) is 18.4 Å². The van der Waals surface area contributed by atoms with Crippen molar-refractivity contribution < 1.29 is 32.9 Å². The van der Waals surface area contributed by atoms with Crippen LogP contribution in [0.1, 0.15) is 258 Å². The Hall–Kier alpha value is -3.10. The van der Waals surface area contributed by atoms with Gasteiger partial charge in [-0.3, -0.25) is 13.8 Å². The van der Waals surface area contributed by atoms with Crippen molar-refractivity contribution in [3.63, 3.8) is 0 Å². The molecular formula is C69H122N2O6P+. The molecule has 0 aliphatic heterocycles. The van der Waals surface area contributed by atoms with Crippen molar-refractivity contribution in [1.29, 1.82) is 0 Å². The van der Waals surface area contributed by atoms with Crippen molar-refractivity contribution in [3.05, 3.63) is 122 Å². The van der Waals surface area contributed by atoms with E-state index in [9.17, 15) is 19.4 Å². The van der Waals surface area contributed by atoms with Gasteiger partial charge in [-0.1, -0.05) is 283 Å². The molecule has 0 aromatic heterocycles. The Balaban J connectivity index is 4.11. The number of allylic oxidation sites excluding steroid dienone is 19. The topological polar surface area (TPSA) is 105 Å². The molecular weight excluding hydrogens is 984 g/mol. The number of amides is 1. The van der Waals surface area contributed by atoms with Gasteiger partial charge in [0.05, 0.1) is 39.9 Å². The number of rotatable bonds is 57. The number of hydrogen-bond donors (Lipinski definition) is 3. The van der Waals surface area contributed by atoms with E-state index in [-0.39, 0.29) is 19.1 Å². The highest BCUT2D eigenvalue weighted by molar-refractivity contribution is 7.47. The molecule has 0 aliphatic carbocycles. The van der Waals surface area contributed by atoms with E-state index in [4.69, 9.17) is 9.05 Å². The fourth-order valence-corrected chi connectivity index (χ4v) is 9.48. The lowest BCUT2D eigenvalue weighted by Crippen LogP contribution is -2.45. The maximum atomic E-state index is 13.0. The van der Waals surface area contributed by atoms with Crippen LogP contribution in [0.3, 0.4) is 0 Å². The van der Waals surface area contributed by atoms with Gasteiger partial charge in [0, 0.05) is 6.42 Å². The smallest absolute Gasteiger partial charge is 0.387 e. The lowest BCUT2D eigenvalue weighted by Gasteiger charge is -2.25. The van der Waals surface area contributed by atoms with Crippen LogP contribution in [0, 0.1) is 0 Å². The summed E-state index contributed by atoms with van der Waals surface area (Å²) in [6.07, 6.45) is 87.4. The zero-order valence-corrected chi connectivity index (χ0v) is 52.0. The third-order valence-corrected chi connectivity index (χ3v) is 14.7. The molecule has 9 heteroatoms. The largest absolute Gasteiger partial charge is 0.472 e. The van der Waals surface area contributed by atoms with Crippen molar-refractivity contribution in [2.75, 3.05) is 40.9 Å². The fourth-order valence-electron chi connectivity index (χ4n) is 8.74. The van der Waals surface area contributed by atoms with Crippen molar-refractivity contribution in [2.24, 2.45) is 0 Å². The molecule has 8 nitrogen and oxygen atoms in total. The van der Waals surface area contributed by atoms with E-state index in [0.717, 1.165) is 96.3 Å². The number of phosphoric acid groups is 1. The second-order valence-electron chi connectivity index (χ2n) is 22.4. The van der Waals surface area contributed by atoms with Crippen molar-refractivity contribution in [1.82, 2.24) is 5.32 Å². The number of nitrogens with zero attached hydrogens (tertiary/aromatic N) is 1. The predicted octanol–water partition coefficient (Wildman–Crippen LogP) is 20.1. The molecule has 0 spiro atoms. The molecule has 3 unspecified atom stereocenters. The SMILES string of the molecule is CC/C=C\C/C=C\C/C=C\C/C=C\C/C=C\C/C=C\C/C=C\C/C=C\C/C=C\CCCCCCCCCCCCCC(=O)NC(COP(=O)(O)OCC[N+](C)(C)C)C(O)/C=C/CCCCCCCCCCCCCCCCC. The lowest BCUT2D eigenvalue weighted by molar-refractivity contribution is -0.870. The molecule has 0 saturated carbocycles. The van der Waals surface area contributed by atoms with Crippen LogP contribution < -0.4 is 5.32 Å². The van der Waals surface area contributed by atoms with Crippen LogP contribution >= 0.6 is 7.82 Å². The van der Waals surface area contributed by atoms with Crippen LogP contribution in [0.2, 0.25) is 0 Å². The molecule has 0 rings (SSSR count). The van der Waals surface area contributed by atoms with Gasteiger partial charge < -0.3 is 19.8 Å². The third kappa shape index (κ3) is 60.5. The Kier molecular flexibility index (Phi) is 56.2. The van der Waals surface area contributed by atoms with Gasteiger partial charge in [0.25, 0.3) is 0 Å². The molecule has 0 heterocycles. The first-order valence-electron chi connectivity index (χ1n) is 31.9. The molecule has 0 saturated heterocycles. The quantitative estimate of drug-likeness (QED) is 0.0243. The van der Waals surface area contributed by atoms with E-state index in [1.165, 1.54) is 141 Å². The van der Waals surface area contributed by atoms with Crippen LogP contribution in [0.15, 0.2) is 122 Å². The highest BCUT2D eigenvalue weighted by atomic mass is 31.2. The van der Waals surface area contributed by atoms with Gasteiger partial charge in [-0.2, -0.15) is 0 Å². The van der Waals surface area contributed by atoms with Gasteiger partial charge in [-0.15, -0.1) is 0 Å². The summed E-state index contributed by atoms with van der Waals surface area (Å²) in [5.41, 5.74) is 0. The van der Waals surface area contributed by atoms with E-state index in [0.29, 0.717) is 17.4 Å². The molecule has 0 aromatic carbocycles. The number of aliphatic hydroxyl groups excluding tert-OH is 1. The number of aliphatic hydroxyl groups is 1. The van der Waals surface area contributed by atoms with Crippen LogP contribution in [0.25, 0.3) is 0 Å². The molecule has 0 fully saturated rings. The second kappa shape index (κ2) is 58.6. The third-order valence-electron chi connectivity index (χ3n) is 13.7. The Labute approximate surface area is 482 Å². The molecule has 0 radical (unpaired) electrons. The first-order chi connectivity index (χ1) is 38.0. The van der Waals surface area contributed by atoms with E-state index >= 15 is 0 Å². The number of carbonyl (C=O) groups is 1. The van der Waals surface area contributed by atoms with Crippen molar-refractivity contribution >= 4 is 13.7 Å². The van der Waals surface area contributed by atoms with Crippen LogP contribution in [0.4, 0.5) is 0 Å². The number of nitrogens with one attached hydrogen (secondary N) is 1. The monoisotopic (exact) mass is 1110 g/mol. The standard InChI is InChI=1S/C69H121N2O6P/c1-6-8-10-12-14-16-18-20-22-24-25-26-27-28-29-30-31-32-33-34-35-36-37-38-39-40-41-42-43-44-45-47-49-51-53-55-57-59-61-63-69(73)70-67(66-77-78(74,75)76-65-64-71(3,4)5)68(72)62-60-58-56-54-52-50-48-46-23-21-19-17-15-13-11-9-7-2/h8,10,14,16,20,22,25-26,28-29,31-32,34-35,37-38,40-41,60,62,67-68,72H,6-7,9,11-13,15,17-19,21,23-24,27,30,33,36,39,42-59,61,63-66H2,1-5H3,(H-,70,73,74,75)/p+1/b10-8-,16-14-,22-20-,26-25-,29-28-,32-31-,35-34-,38-37-,41-40-,62-60+. The van der Waals surface area contributed by atoms with Crippen molar-refractivity contribution in [2.45, 2.75) is 270 Å². The molecule has 448 valence electrons. The Morgan fingerprint density at radius 1 is 0.449 bits per heavy atom. The molecule has 0 aromatic rings. The van der Waals surface area contributed by atoms with Crippen LogP contribution in [0.5, 0.6) is 0 Å². The minimum Gasteiger partial charge on any atom is -0.387 e. The summed E-state index contributed by atoms with van der Waals surface area (Å²) in [4.78, 5) is 23.3. The maximum Gasteiger partial charge on any atom is 0.472 e. The zero-order valence-electron chi connectivity index (χ0n) is 51.1. The molecule has 0 aliphatic rings. The normalized spacial score (nSPS) is 14.6. The van der Waals surface area contributed by atoms with Crippen LogP contribution in [-0.4, -0.2) is 73.4 Å². The van der Waals surface area contributed by atoms with Gasteiger partial charge in [0.15, 0.2) is 0 Å². The van der Waals surface area contributed by atoms with Gasteiger partial charge in [-0.25, -0.2) is 4.57 Å². The summed E-state index contributed by atoms with van der Waals surface area (Å²) >= 11 is 0. The summed E-state index contributed by atoms with van der Waals surface area (Å²) < 4.78 is 23.7. The fraction of sp³-hybridized carbons (Fsp3) is 0.696. The Morgan fingerprint density at radius 2 is 0.769 bits per heavy atom. The predicted molar refractivity (Wildman–Crippen MR) is 341 cm³/mol. The lowest BCUT2D eigenvalue weighted by atomic mass is 10.0. The first kappa shape index (κ1) is 74.9. The van der Waals surface area contributed by atoms with Gasteiger partial charge in [0.1, 0.15) is 13.2 Å². The van der Waals surface area contributed by atoms with E-state index in [2.05, 4.69) is 129 Å². The highest BCUT2D eigenvalue weighted by Gasteiger charge is 2.27. The number of phosphoric ester groups is 1. The summed E-state index contributed by atoms with van der Waals surface area (Å²) in [6, 6.07) is -0.856. The zero-order chi connectivity index (χ0) is 57.0. The molecule has 78 heavy (non-hydrogen) atoms. The summed E-state index contributed by atoms with van der Waals surface area (Å²) in [6.45, 7) is 4.70. The van der Waals surface area contributed by atoms with Gasteiger partial charge in [-0.05, 0) is 89.9 Å². The second-order valence-corrected chi connectivity index (χ2v) is 23.9. The average molecular weight is 1110 g/mol. The maximum absolute atomic E-state index is 13.0. The molecule has 3 atom stereocenters. The number of unbranched alkanes of at least 4 members (excludes halogenated alkanes) is 26. The van der Waals surface area contributed by atoms with Crippen molar-refractivity contribution in [3.8, 4) is 0 Å². The number of likely N-dealkylation sites (N-methyl/N-ethyl adjacent to an activating group) is 1. The average Bonchev–Trinajstić information content (AvgIpc) is 3.40. The number of hydrogen-bond acceptors (Lipinski definition) is 5. The van der Waals surface area contributed by atoms with E-state index in [1.54, 1.807) is 6.08 Å². The highest BCUT2D eigenvalue weighted by Crippen LogP contribution is 2.43. The summed E-state index contributed by atoms with van der Waals surface area (Å²) in [5.74, 6) is -0.183. The van der Waals surface area contributed by atoms with Gasteiger partial charge in [0.2, 0.25) is 5.91 Å². The molecule has 1 amide bonds. The Morgan fingerprint density at radius 3 is 1.13 bits per heavy atom. The van der Waals surface area contributed by atoms with Gasteiger partial charge >= 0.3 is 7.82 Å². The van der Waals surface area contributed by atoms with E-state index in [1.807, 2.05) is 27.2 Å². The van der Waals surface area contributed by atoms with E-state index < -0.39 is 20.0 Å². The minimum atomic E-state index is -4.36. The minimum absolute atomic E-state index is 0.0564. The first-order valence-corrected chi connectivity index (χ1v) is 33.4. The number of quaternary nitrogens is 1. The summed E-state index contributed by atoms with van der Waals surface area (Å²) in [7, 11) is 1.56. The molecule has 3 N–H and O–H groups in total.